The van der Waals surface area contributed by atoms with Crippen molar-refractivity contribution < 1.29 is 9.59 Å². The second kappa shape index (κ2) is 8.06. The molecule has 1 aliphatic rings. The van der Waals surface area contributed by atoms with E-state index in [4.69, 9.17) is 0 Å². The molecule has 1 saturated heterocycles. The van der Waals surface area contributed by atoms with E-state index in [1.165, 1.54) is 0 Å². The fourth-order valence-corrected chi connectivity index (χ4v) is 3.47. The number of hydrogen-bond acceptors (Lipinski definition) is 5. The zero-order valence-corrected chi connectivity index (χ0v) is 14.9. The smallest absolute Gasteiger partial charge is 0.319 e. The number of urea groups is 1. The lowest BCUT2D eigenvalue weighted by Gasteiger charge is -2.31. The molecule has 25 heavy (non-hydrogen) atoms. The molecule has 0 atom stereocenters. The predicted molar refractivity (Wildman–Crippen MR) is 96.7 cm³/mol. The van der Waals surface area contributed by atoms with Crippen molar-refractivity contribution in [2.45, 2.75) is 19.8 Å². The number of carbonyl (C=O) groups excluding carboxylic acids is 2. The Morgan fingerprint density at radius 3 is 2.60 bits per heavy atom. The normalized spacial score (nSPS) is 15.0. The summed E-state index contributed by atoms with van der Waals surface area (Å²) in [5.41, 5.74) is 1.46. The minimum absolute atomic E-state index is 0.0146. The predicted octanol–water partition coefficient (Wildman–Crippen LogP) is 2.52. The van der Waals surface area contributed by atoms with Crippen LogP contribution in [0.2, 0.25) is 0 Å². The van der Waals surface area contributed by atoms with Gasteiger partial charge in [0.2, 0.25) is 0 Å². The van der Waals surface area contributed by atoms with E-state index < -0.39 is 0 Å². The lowest BCUT2D eigenvalue weighted by molar-refractivity contribution is 0.0694. The van der Waals surface area contributed by atoms with Crippen molar-refractivity contribution in [3.63, 3.8) is 0 Å². The van der Waals surface area contributed by atoms with Crippen molar-refractivity contribution in [1.29, 1.82) is 0 Å². The fourth-order valence-electron chi connectivity index (χ4n) is 2.85. The highest BCUT2D eigenvalue weighted by Gasteiger charge is 2.26. The molecule has 1 fully saturated rings. The Hall–Kier alpha value is -2.48. The number of amides is 3. The highest BCUT2D eigenvalue weighted by Crippen LogP contribution is 2.20. The molecule has 132 valence electrons. The van der Waals surface area contributed by atoms with Crippen molar-refractivity contribution in [1.82, 2.24) is 19.8 Å². The summed E-state index contributed by atoms with van der Waals surface area (Å²) in [5.74, 6) is 0.395. The van der Waals surface area contributed by atoms with Gasteiger partial charge in [-0.2, -0.15) is 0 Å². The molecule has 3 amide bonds. The molecule has 0 saturated carbocycles. The van der Waals surface area contributed by atoms with Gasteiger partial charge in [-0.1, -0.05) is 22.7 Å². The van der Waals surface area contributed by atoms with Gasteiger partial charge in [-0.3, -0.25) is 4.79 Å². The molecule has 8 heteroatoms. The van der Waals surface area contributed by atoms with Crippen LogP contribution in [0.4, 0.5) is 10.5 Å². The van der Waals surface area contributed by atoms with Gasteiger partial charge in [0.1, 0.15) is 4.88 Å². The molecule has 2 aromatic rings. The monoisotopic (exact) mass is 359 g/mol. The summed E-state index contributed by atoms with van der Waals surface area (Å²) in [6, 6.07) is 9.16. The summed E-state index contributed by atoms with van der Waals surface area (Å²) in [7, 11) is 0. The third-order valence-electron chi connectivity index (χ3n) is 4.33. The first-order valence-corrected chi connectivity index (χ1v) is 9.09. The van der Waals surface area contributed by atoms with Gasteiger partial charge >= 0.3 is 6.03 Å². The molecule has 1 aromatic carbocycles. The topological polar surface area (TPSA) is 87.2 Å². The van der Waals surface area contributed by atoms with Gasteiger partial charge < -0.3 is 15.5 Å². The molecule has 1 aliphatic heterocycles. The Labute approximate surface area is 150 Å². The number of likely N-dealkylation sites (tertiary alicyclic amines) is 1. The van der Waals surface area contributed by atoms with E-state index >= 15 is 0 Å². The van der Waals surface area contributed by atoms with Gasteiger partial charge in [0.25, 0.3) is 5.91 Å². The lowest BCUT2D eigenvalue weighted by atomic mass is 9.96. The Kier molecular flexibility index (Phi) is 5.60. The summed E-state index contributed by atoms with van der Waals surface area (Å²) >= 11 is 1.15. The molecule has 2 heterocycles. The molecule has 1 aromatic heterocycles. The molecule has 0 spiro atoms. The standard InChI is InChI=1S/C17H21N5O2S/c1-12-15(25-21-20-12)16(23)22-9-7-13(8-10-22)11-18-17(24)19-14-5-3-2-4-6-14/h2-6,13H,7-11H2,1H3,(H2,18,19,24). The first-order valence-electron chi connectivity index (χ1n) is 8.31. The first-order chi connectivity index (χ1) is 12.1. The van der Waals surface area contributed by atoms with Gasteiger partial charge in [-0.15, -0.1) is 5.10 Å². The van der Waals surface area contributed by atoms with Gasteiger partial charge in [0, 0.05) is 25.3 Å². The largest absolute Gasteiger partial charge is 0.338 e. The maximum Gasteiger partial charge on any atom is 0.319 e. The van der Waals surface area contributed by atoms with Crippen molar-refractivity contribution in [3.8, 4) is 0 Å². The van der Waals surface area contributed by atoms with Gasteiger partial charge in [0.05, 0.1) is 5.69 Å². The van der Waals surface area contributed by atoms with E-state index in [-0.39, 0.29) is 11.9 Å². The third-order valence-corrected chi connectivity index (χ3v) is 5.15. The molecule has 0 unspecified atom stereocenters. The first kappa shape index (κ1) is 17.3. The number of anilines is 1. The Balaban J connectivity index is 1.41. The van der Waals surface area contributed by atoms with Crippen LogP contribution in [0.3, 0.4) is 0 Å². The molecule has 3 rings (SSSR count). The van der Waals surface area contributed by atoms with E-state index in [0.29, 0.717) is 36.1 Å². The number of carbonyl (C=O) groups is 2. The summed E-state index contributed by atoms with van der Waals surface area (Å²) < 4.78 is 3.83. The number of aryl methyl sites for hydroxylation is 1. The van der Waals surface area contributed by atoms with Crippen molar-refractivity contribution in [2.75, 3.05) is 25.0 Å². The van der Waals surface area contributed by atoms with Crippen LogP contribution in [0.15, 0.2) is 30.3 Å². The summed E-state index contributed by atoms with van der Waals surface area (Å²) in [4.78, 5) is 26.8. The zero-order valence-electron chi connectivity index (χ0n) is 14.1. The number of piperidine rings is 1. The maximum atomic E-state index is 12.4. The SMILES string of the molecule is Cc1nnsc1C(=O)N1CCC(CNC(=O)Nc2ccccc2)CC1. The Bertz CT molecular complexity index is 726. The van der Waals surface area contributed by atoms with Crippen LogP contribution in [-0.4, -0.2) is 46.1 Å². The average molecular weight is 359 g/mol. The van der Waals surface area contributed by atoms with E-state index in [1.54, 1.807) is 6.92 Å². The van der Waals surface area contributed by atoms with Crippen LogP contribution in [0.25, 0.3) is 0 Å². The van der Waals surface area contributed by atoms with E-state index in [1.807, 2.05) is 35.2 Å². The van der Waals surface area contributed by atoms with Crippen LogP contribution in [0.5, 0.6) is 0 Å². The molecular formula is C17H21N5O2S. The van der Waals surface area contributed by atoms with Crippen molar-refractivity contribution in [2.24, 2.45) is 5.92 Å². The Morgan fingerprint density at radius 2 is 1.96 bits per heavy atom. The molecule has 0 bridgehead atoms. The number of para-hydroxylation sites is 1. The van der Waals surface area contributed by atoms with Crippen LogP contribution < -0.4 is 10.6 Å². The third kappa shape index (κ3) is 4.54. The maximum absolute atomic E-state index is 12.4. The molecular weight excluding hydrogens is 338 g/mol. The number of nitrogens with one attached hydrogen (secondary N) is 2. The molecule has 7 nitrogen and oxygen atoms in total. The minimum Gasteiger partial charge on any atom is -0.338 e. The fraction of sp³-hybridized carbons (Fsp3) is 0.412. The molecule has 2 N–H and O–H groups in total. The quantitative estimate of drug-likeness (QED) is 0.878. The number of benzene rings is 1. The van der Waals surface area contributed by atoms with Crippen molar-refractivity contribution in [3.05, 3.63) is 40.9 Å². The van der Waals surface area contributed by atoms with E-state index in [9.17, 15) is 9.59 Å². The second-order valence-electron chi connectivity index (χ2n) is 6.12. The van der Waals surface area contributed by atoms with Crippen molar-refractivity contribution >= 4 is 29.2 Å². The molecule has 0 radical (unpaired) electrons. The minimum atomic E-state index is -0.198. The Morgan fingerprint density at radius 1 is 1.24 bits per heavy atom. The highest BCUT2D eigenvalue weighted by atomic mass is 32.1. The van der Waals surface area contributed by atoms with E-state index in [0.717, 1.165) is 30.1 Å². The number of hydrogen-bond donors (Lipinski definition) is 2. The van der Waals surface area contributed by atoms with Crippen LogP contribution in [0, 0.1) is 12.8 Å². The van der Waals surface area contributed by atoms with Gasteiger partial charge in [0.15, 0.2) is 0 Å². The molecule has 0 aliphatic carbocycles. The van der Waals surface area contributed by atoms with E-state index in [2.05, 4.69) is 20.2 Å². The van der Waals surface area contributed by atoms with Crippen LogP contribution >= 0.6 is 11.5 Å². The second-order valence-corrected chi connectivity index (χ2v) is 6.88. The van der Waals surface area contributed by atoms with Gasteiger partial charge in [-0.05, 0) is 49.3 Å². The number of nitrogens with zero attached hydrogens (tertiary/aromatic N) is 3. The van der Waals surface area contributed by atoms with Crippen LogP contribution in [-0.2, 0) is 0 Å². The van der Waals surface area contributed by atoms with Crippen LogP contribution in [0.1, 0.15) is 28.2 Å². The van der Waals surface area contributed by atoms with Gasteiger partial charge in [-0.25, -0.2) is 4.79 Å². The number of rotatable bonds is 4. The average Bonchev–Trinajstić information content (AvgIpc) is 3.07. The number of aromatic nitrogens is 2. The zero-order chi connectivity index (χ0) is 17.6. The lowest BCUT2D eigenvalue weighted by Crippen LogP contribution is -2.42. The summed E-state index contributed by atoms with van der Waals surface area (Å²) in [6.45, 7) is 3.81. The highest BCUT2D eigenvalue weighted by molar-refractivity contribution is 7.07. The summed E-state index contributed by atoms with van der Waals surface area (Å²) in [6.07, 6.45) is 1.76. The summed E-state index contributed by atoms with van der Waals surface area (Å²) in [5, 5.41) is 9.61.